The smallest absolute Gasteiger partial charge is 0.304 e. The Hall–Kier alpha value is -1.50. The lowest BCUT2D eigenvalue weighted by atomic mass is 10.3. The van der Waals surface area contributed by atoms with E-state index in [1.54, 1.807) is 4.90 Å². The summed E-state index contributed by atoms with van der Waals surface area (Å²) in [5.41, 5.74) is 0. The van der Waals surface area contributed by atoms with Crippen LogP contribution >= 0.6 is 0 Å². The Morgan fingerprint density at radius 1 is 1.27 bits per heavy atom. The van der Waals surface area contributed by atoms with E-state index in [-0.39, 0.29) is 11.1 Å². The molecule has 0 fully saturated rings. The lowest BCUT2D eigenvalue weighted by molar-refractivity contribution is 0.591. The van der Waals surface area contributed by atoms with Crippen molar-refractivity contribution in [3.8, 4) is 0 Å². The second-order valence-corrected chi connectivity index (χ2v) is 4.93. The molecule has 0 unspecified atom stereocenters. The van der Waals surface area contributed by atoms with E-state index in [1.807, 2.05) is 13.8 Å². The number of aromatic nitrogens is 2. The first-order valence-corrected chi connectivity index (χ1v) is 5.86. The summed E-state index contributed by atoms with van der Waals surface area (Å²) in [7, 11) is -3.65. The molecule has 0 spiro atoms. The summed E-state index contributed by atoms with van der Waals surface area (Å²) in [5, 5.41) is -0.0822. The molecule has 1 aromatic rings. The highest BCUT2D eigenvalue weighted by Gasteiger charge is 2.28. The summed E-state index contributed by atoms with van der Waals surface area (Å²) in [5.74, 6) is 0.336. The predicted molar refractivity (Wildman–Crippen MR) is 55.3 cm³/mol. The van der Waals surface area contributed by atoms with E-state index < -0.39 is 10.0 Å². The van der Waals surface area contributed by atoms with Gasteiger partial charge in [-0.15, -0.1) is 4.40 Å². The lowest BCUT2D eigenvalue weighted by Crippen LogP contribution is -2.34. The minimum absolute atomic E-state index is 0.0822. The standard InChI is InChI=1S/C8H10N4O2S/c1-6(2)12-5-11-15(13,14)8-7(12)9-3-4-10-8/h3-6H,1-2H3. The summed E-state index contributed by atoms with van der Waals surface area (Å²) in [6, 6.07) is 0.0831. The van der Waals surface area contributed by atoms with Crippen LogP contribution in [0.2, 0.25) is 0 Å². The van der Waals surface area contributed by atoms with Crippen LogP contribution in [-0.2, 0) is 10.0 Å². The van der Waals surface area contributed by atoms with Crippen molar-refractivity contribution in [2.75, 3.05) is 4.90 Å². The highest BCUT2D eigenvalue weighted by atomic mass is 32.2. The monoisotopic (exact) mass is 226 g/mol. The fourth-order valence-electron chi connectivity index (χ4n) is 1.27. The van der Waals surface area contributed by atoms with Crippen LogP contribution in [-0.4, -0.2) is 30.8 Å². The molecule has 1 aliphatic rings. The Bertz CT molecular complexity index is 509. The topological polar surface area (TPSA) is 75.5 Å². The van der Waals surface area contributed by atoms with Crippen molar-refractivity contribution >= 4 is 22.2 Å². The van der Waals surface area contributed by atoms with E-state index >= 15 is 0 Å². The van der Waals surface area contributed by atoms with E-state index in [0.29, 0.717) is 5.82 Å². The number of anilines is 1. The van der Waals surface area contributed by atoms with Gasteiger partial charge in [0.1, 0.15) is 6.34 Å². The van der Waals surface area contributed by atoms with Gasteiger partial charge in [-0.1, -0.05) is 0 Å². The Morgan fingerprint density at radius 3 is 2.60 bits per heavy atom. The first kappa shape index (κ1) is 10.0. The molecular formula is C8H10N4O2S. The zero-order valence-corrected chi connectivity index (χ0v) is 9.14. The van der Waals surface area contributed by atoms with Gasteiger partial charge in [-0.05, 0) is 13.8 Å². The lowest BCUT2D eigenvalue weighted by Gasteiger charge is -2.26. The molecule has 0 amide bonds. The average molecular weight is 226 g/mol. The van der Waals surface area contributed by atoms with E-state index in [9.17, 15) is 8.42 Å². The Labute approximate surface area is 87.7 Å². The quantitative estimate of drug-likeness (QED) is 0.693. The highest BCUT2D eigenvalue weighted by molar-refractivity contribution is 7.90. The number of nitrogens with zero attached hydrogens (tertiary/aromatic N) is 4. The molecule has 1 aliphatic heterocycles. The van der Waals surface area contributed by atoms with Crippen molar-refractivity contribution in [2.45, 2.75) is 24.9 Å². The molecule has 0 N–H and O–H groups in total. The number of hydrogen-bond acceptors (Lipinski definition) is 5. The van der Waals surface area contributed by atoms with E-state index in [0.717, 1.165) is 0 Å². The van der Waals surface area contributed by atoms with Crippen molar-refractivity contribution < 1.29 is 8.42 Å². The molecule has 0 atom stereocenters. The first-order valence-electron chi connectivity index (χ1n) is 4.42. The molecule has 0 aromatic carbocycles. The highest BCUT2D eigenvalue weighted by Crippen LogP contribution is 2.25. The Kier molecular flexibility index (Phi) is 2.18. The summed E-state index contributed by atoms with van der Waals surface area (Å²) in [6.45, 7) is 3.84. The maximum absolute atomic E-state index is 11.5. The van der Waals surface area contributed by atoms with Gasteiger partial charge in [0.25, 0.3) is 0 Å². The van der Waals surface area contributed by atoms with Crippen LogP contribution in [0.1, 0.15) is 13.8 Å². The fraction of sp³-hybridized carbons (Fsp3) is 0.375. The number of rotatable bonds is 1. The van der Waals surface area contributed by atoms with Crippen molar-refractivity contribution in [1.29, 1.82) is 0 Å². The van der Waals surface area contributed by atoms with Gasteiger partial charge in [0.05, 0.1) is 0 Å². The van der Waals surface area contributed by atoms with Gasteiger partial charge >= 0.3 is 10.0 Å². The normalized spacial score (nSPS) is 17.9. The number of sulfonamides is 1. The zero-order valence-electron chi connectivity index (χ0n) is 8.32. The number of fused-ring (bicyclic) bond motifs is 1. The third-order valence-electron chi connectivity index (χ3n) is 2.00. The first-order chi connectivity index (χ1) is 7.02. The average Bonchev–Trinajstić information content (AvgIpc) is 2.17. The van der Waals surface area contributed by atoms with Crippen LogP contribution in [0, 0.1) is 0 Å². The molecule has 0 bridgehead atoms. The molecular weight excluding hydrogens is 216 g/mol. The van der Waals surface area contributed by atoms with Gasteiger partial charge in [-0.3, -0.25) is 0 Å². The van der Waals surface area contributed by atoms with Crippen LogP contribution in [0.4, 0.5) is 5.82 Å². The molecule has 1 aromatic heterocycles. The Balaban J connectivity index is 2.65. The van der Waals surface area contributed by atoms with Crippen LogP contribution in [0.25, 0.3) is 0 Å². The van der Waals surface area contributed by atoms with Crippen LogP contribution in [0.15, 0.2) is 21.8 Å². The zero-order chi connectivity index (χ0) is 11.1. The van der Waals surface area contributed by atoms with Gasteiger partial charge in [0, 0.05) is 18.4 Å². The van der Waals surface area contributed by atoms with Gasteiger partial charge in [-0.2, -0.15) is 8.42 Å². The van der Waals surface area contributed by atoms with Gasteiger partial charge in [-0.25, -0.2) is 9.97 Å². The molecule has 15 heavy (non-hydrogen) atoms. The SMILES string of the molecule is CC(C)N1C=NS(=O)(=O)c2nccnc21. The van der Waals surface area contributed by atoms with E-state index in [1.165, 1.54) is 18.7 Å². The maximum Gasteiger partial charge on any atom is 0.304 e. The van der Waals surface area contributed by atoms with Gasteiger partial charge in [0.2, 0.25) is 5.03 Å². The van der Waals surface area contributed by atoms with Crippen molar-refractivity contribution in [3.05, 3.63) is 12.4 Å². The summed E-state index contributed by atoms with van der Waals surface area (Å²) in [6.07, 6.45) is 4.08. The Morgan fingerprint density at radius 2 is 1.93 bits per heavy atom. The minimum atomic E-state index is -3.65. The third kappa shape index (κ3) is 1.58. The minimum Gasteiger partial charge on any atom is -0.311 e. The molecule has 2 heterocycles. The maximum atomic E-state index is 11.5. The summed E-state index contributed by atoms with van der Waals surface area (Å²) >= 11 is 0. The molecule has 80 valence electrons. The summed E-state index contributed by atoms with van der Waals surface area (Å²) in [4.78, 5) is 9.48. The third-order valence-corrected chi connectivity index (χ3v) is 3.15. The van der Waals surface area contributed by atoms with Crippen LogP contribution in [0.3, 0.4) is 0 Å². The molecule has 0 saturated heterocycles. The van der Waals surface area contributed by atoms with Crippen molar-refractivity contribution in [3.63, 3.8) is 0 Å². The fourth-order valence-corrected chi connectivity index (χ4v) is 2.18. The van der Waals surface area contributed by atoms with Gasteiger partial charge < -0.3 is 4.90 Å². The molecule has 2 rings (SSSR count). The van der Waals surface area contributed by atoms with Crippen molar-refractivity contribution in [1.82, 2.24) is 9.97 Å². The molecule has 7 heteroatoms. The molecule has 0 aliphatic carbocycles. The van der Waals surface area contributed by atoms with E-state index in [2.05, 4.69) is 14.4 Å². The van der Waals surface area contributed by atoms with Gasteiger partial charge in [0.15, 0.2) is 5.82 Å². The van der Waals surface area contributed by atoms with Crippen LogP contribution in [0.5, 0.6) is 0 Å². The second-order valence-electron chi connectivity index (χ2n) is 3.38. The summed E-state index contributed by atoms with van der Waals surface area (Å²) < 4.78 is 26.5. The largest absolute Gasteiger partial charge is 0.311 e. The van der Waals surface area contributed by atoms with E-state index in [4.69, 9.17) is 0 Å². The molecule has 0 saturated carbocycles. The second kappa shape index (κ2) is 3.27. The number of hydrogen-bond donors (Lipinski definition) is 0. The van der Waals surface area contributed by atoms with Crippen LogP contribution < -0.4 is 4.90 Å². The van der Waals surface area contributed by atoms with Crippen molar-refractivity contribution in [2.24, 2.45) is 4.40 Å². The predicted octanol–water partition coefficient (Wildman–Crippen LogP) is 0.422. The molecule has 6 nitrogen and oxygen atoms in total. The molecule has 0 radical (unpaired) electrons.